The van der Waals surface area contributed by atoms with Crippen LogP contribution in [0.2, 0.25) is 0 Å². The smallest absolute Gasteiger partial charge is 0.143 e. The summed E-state index contributed by atoms with van der Waals surface area (Å²) in [4.78, 5) is 0. The fourth-order valence-corrected chi connectivity index (χ4v) is 11.3. The van der Waals surface area contributed by atoms with Crippen molar-refractivity contribution >= 4 is 55.0 Å². The first-order valence-corrected chi connectivity index (χ1v) is 21.6. The van der Waals surface area contributed by atoms with Crippen LogP contribution in [0.25, 0.3) is 99.5 Å². The zero-order chi connectivity index (χ0) is 42.1. The van der Waals surface area contributed by atoms with Gasteiger partial charge in [-0.15, -0.1) is 0 Å². The lowest BCUT2D eigenvalue weighted by atomic mass is 9.72. The van der Waals surface area contributed by atoms with Gasteiger partial charge in [0, 0.05) is 43.5 Å². The molecular formula is C60H44O2. The zero-order valence-corrected chi connectivity index (χ0v) is 35.4. The highest BCUT2D eigenvalue weighted by Crippen LogP contribution is 2.63. The predicted molar refractivity (Wildman–Crippen MR) is 261 cm³/mol. The van der Waals surface area contributed by atoms with E-state index in [1.54, 1.807) is 0 Å². The number of fused-ring (bicyclic) bond motifs is 15. The van der Waals surface area contributed by atoms with E-state index in [1.807, 2.05) is 18.2 Å². The van der Waals surface area contributed by atoms with Crippen molar-refractivity contribution in [1.82, 2.24) is 0 Å². The monoisotopic (exact) mass is 796 g/mol. The Bertz CT molecular complexity index is 3590. The second kappa shape index (κ2) is 13.0. The molecule has 0 unspecified atom stereocenters. The van der Waals surface area contributed by atoms with Gasteiger partial charge in [-0.05, 0) is 102 Å². The van der Waals surface area contributed by atoms with Crippen molar-refractivity contribution in [2.75, 3.05) is 0 Å². The lowest BCUT2D eigenvalue weighted by Gasteiger charge is -2.31. The van der Waals surface area contributed by atoms with Crippen molar-refractivity contribution in [2.45, 2.75) is 38.5 Å². The summed E-state index contributed by atoms with van der Waals surface area (Å²) in [6.07, 6.45) is 3.92. The number of hydrogen-bond donors (Lipinski definition) is 0. The maximum Gasteiger partial charge on any atom is 0.143 e. The van der Waals surface area contributed by atoms with Crippen LogP contribution in [0, 0.1) is 0 Å². The number of rotatable bonds is 6. The van der Waals surface area contributed by atoms with Crippen LogP contribution in [0.4, 0.5) is 0 Å². The molecule has 0 saturated carbocycles. The van der Waals surface area contributed by atoms with Gasteiger partial charge in [0.1, 0.15) is 22.3 Å². The van der Waals surface area contributed by atoms with Crippen LogP contribution in [0.5, 0.6) is 0 Å². The predicted octanol–water partition coefficient (Wildman–Crippen LogP) is 16.7. The number of allylic oxidation sites excluding steroid dienone is 4. The van der Waals surface area contributed by atoms with Gasteiger partial charge in [0.05, 0.1) is 0 Å². The number of hydrogen-bond acceptors (Lipinski definition) is 2. The Hall–Kier alpha value is -7.42. The molecule has 0 spiro atoms. The Balaban J connectivity index is 1.16. The minimum absolute atomic E-state index is 0.353. The van der Waals surface area contributed by atoms with Gasteiger partial charge in [-0.2, -0.15) is 0 Å². The summed E-state index contributed by atoms with van der Waals surface area (Å²) < 4.78 is 13.9. The second-order valence-electron chi connectivity index (χ2n) is 18.0. The summed E-state index contributed by atoms with van der Waals surface area (Å²) in [6, 6.07) is 56.6. The molecule has 8 aromatic carbocycles. The largest absolute Gasteiger partial charge is 0.455 e. The van der Waals surface area contributed by atoms with Gasteiger partial charge in [0.15, 0.2) is 0 Å². The van der Waals surface area contributed by atoms with Crippen LogP contribution in [-0.2, 0) is 10.8 Å². The lowest BCUT2D eigenvalue weighted by molar-refractivity contribution is 0.601. The molecule has 2 heterocycles. The highest BCUT2D eigenvalue weighted by Gasteiger charge is 2.48. The fraction of sp³-hybridized carbons (Fsp3) is 0.100. The van der Waals surface area contributed by atoms with Crippen LogP contribution in [-0.4, -0.2) is 0 Å². The minimum Gasteiger partial charge on any atom is -0.455 e. The highest BCUT2D eigenvalue weighted by molar-refractivity contribution is 6.22. The van der Waals surface area contributed by atoms with E-state index in [0.29, 0.717) is 0 Å². The molecule has 0 fully saturated rings. The average Bonchev–Trinajstić information content (AvgIpc) is 4.01. The maximum atomic E-state index is 6.98. The SMILES string of the molecule is C=C/C(=C(\C=C)c1cc2c(c3c1oc1ccccc13)-c1ccc3c(c1C2(C)C)C(C)(C)c1cc(-c2ccccc2-c2ccccc2)c2oc4ccccc4c2c1-3)c1ccccc1. The summed E-state index contributed by atoms with van der Waals surface area (Å²) in [5, 5.41) is 4.58. The van der Waals surface area contributed by atoms with E-state index in [4.69, 9.17) is 8.83 Å². The van der Waals surface area contributed by atoms with Crippen molar-refractivity contribution in [3.8, 4) is 44.5 Å². The zero-order valence-electron chi connectivity index (χ0n) is 35.4. The van der Waals surface area contributed by atoms with Crippen LogP contribution in [0.3, 0.4) is 0 Å². The molecule has 2 heteroatoms. The van der Waals surface area contributed by atoms with Gasteiger partial charge in [0.25, 0.3) is 0 Å². The number of para-hydroxylation sites is 2. The Morgan fingerprint density at radius 1 is 0.452 bits per heavy atom. The molecule has 10 aromatic rings. The highest BCUT2D eigenvalue weighted by atomic mass is 16.3. The topological polar surface area (TPSA) is 26.3 Å². The van der Waals surface area contributed by atoms with Crippen molar-refractivity contribution in [3.63, 3.8) is 0 Å². The molecule has 0 N–H and O–H groups in total. The number of benzene rings is 8. The average molecular weight is 797 g/mol. The van der Waals surface area contributed by atoms with Gasteiger partial charge in [-0.3, -0.25) is 0 Å². The third kappa shape index (κ3) is 4.81. The van der Waals surface area contributed by atoms with Crippen LogP contribution >= 0.6 is 0 Å². The van der Waals surface area contributed by atoms with Crippen molar-refractivity contribution < 1.29 is 8.83 Å². The second-order valence-corrected chi connectivity index (χ2v) is 18.0. The summed E-state index contributed by atoms with van der Waals surface area (Å²) in [7, 11) is 0. The molecule has 0 atom stereocenters. The Labute approximate surface area is 361 Å². The van der Waals surface area contributed by atoms with Gasteiger partial charge < -0.3 is 8.83 Å². The van der Waals surface area contributed by atoms with Gasteiger partial charge in [-0.1, -0.05) is 186 Å². The van der Waals surface area contributed by atoms with E-state index < -0.39 is 0 Å². The molecule has 0 amide bonds. The van der Waals surface area contributed by atoms with Crippen molar-refractivity contribution in [2.24, 2.45) is 0 Å². The van der Waals surface area contributed by atoms with E-state index in [9.17, 15) is 0 Å². The van der Waals surface area contributed by atoms with E-state index in [1.165, 1.54) is 61.0 Å². The first kappa shape index (κ1) is 36.4. The molecule has 0 aliphatic heterocycles. The molecule has 12 rings (SSSR count). The fourth-order valence-electron chi connectivity index (χ4n) is 11.3. The summed E-state index contributed by atoms with van der Waals surface area (Å²) >= 11 is 0. The molecule has 0 radical (unpaired) electrons. The minimum atomic E-state index is -0.371. The molecule has 0 bridgehead atoms. The molecular weight excluding hydrogens is 753 g/mol. The van der Waals surface area contributed by atoms with Crippen LogP contribution in [0.15, 0.2) is 192 Å². The standard InChI is InChI=1S/C60H44O2/c1-7-37(35-21-11-9-12-22-35)38(8-2)45-33-47-51(53-41-27-17-19-29-49(41)61-57(45)53)43-31-32-44-52-48(60(5,6)56(44)55(43)59(47,3)4)34-46(58-54(52)42-28-18-20-30-50(42)62-58)40-26-16-15-25-39(40)36-23-13-10-14-24-36/h7-34H,1-2H2,3-6H3/b38-37-. The third-order valence-electron chi connectivity index (χ3n) is 14.0. The summed E-state index contributed by atoms with van der Waals surface area (Å²) in [5.74, 6) is 0. The van der Waals surface area contributed by atoms with E-state index in [0.717, 1.165) is 71.9 Å². The first-order valence-electron chi connectivity index (χ1n) is 21.6. The Kier molecular flexibility index (Phi) is 7.66. The van der Waals surface area contributed by atoms with E-state index >= 15 is 0 Å². The molecule has 2 aliphatic carbocycles. The summed E-state index contributed by atoms with van der Waals surface area (Å²) in [5.41, 5.74) is 22.1. The Morgan fingerprint density at radius 3 is 1.53 bits per heavy atom. The first-order chi connectivity index (χ1) is 30.2. The normalized spacial score (nSPS) is 14.8. The molecule has 2 aliphatic rings. The maximum absolute atomic E-state index is 6.98. The van der Waals surface area contributed by atoms with E-state index in [2.05, 4.69) is 193 Å². The third-order valence-corrected chi connectivity index (χ3v) is 14.0. The van der Waals surface area contributed by atoms with Gasteiger partial charge >= 0.3 is 0 Å². The molecule has 296 valence electrons. The quantitative estimate of drug-likeness (QED) is 0.124. The molecule has 62 heavy (non-hydrogen) atoms. The van der Waals surface area contributed by atoms with E-state index in [-0.39, 0.29) is 10.8 Å². The summed E-state index contributed by atoms with van der Waals surface area (Å²) in [6.45, 7) is 18.4. The van der Waals surface area contributed by atoms with Crippen molar-refractivity contribution in [3.05, 3.63) is 216 Å². The lowest BCUT2D eigenvalue weighted by Crippen LogP contribution is -2.24. The van der Waals surface area contributed by atoms with Crippen molar-refractivity contribution in [1.29, 1.82) is 0 Å². The van der Waals surface area contributed by atoms with Gasteiger partial charge in [-0.25, -0.2) is 0 Å². The molecule has 2 aromatic heterocycles. The van der Waals surface area contributed by atoms with Crippen LogP contribution in [0.1, 0.15) is 61.1 Å². The van der Waals surface area contributed by atoms with Crippen LogP contribution < -0.4 is 0 Å². The molecule has 0 saturated heterocycles. The molecule has 2 nitrogen and oxygen atoms in total. The van der Waals surface area contributed by atoms with Gasteiger partial charge in [0.2, 0.25) is 0 Å². The Morgan fingerprint density at radius 2 is 0.935 bits per heavy atom. The number of furan rings is 2.